The number of nitrogens with zero attached hydrogens (tertiary/aromatic N) is 1. The summed E-state index contributed by atoms with van der Waals surface area (Å²) in [5.41, 5.74) is 0.908. The normalized spacial score (nSPS) is 15.2. The van der Waals surface area contributed by atoms with E-state index in [1.807, 2.05) is 12.1 Å². The minimum absolute atomic E-state index is 0.0542. The van der Waals surface area contributed by atoms with Crippen LogP contribution in [0.25, 0.3) is 0 Å². The third kappa shape index (κ3) is 2.34. The number of ether oxygens (including phenoxy) is 2. The molecule has 0 atom stereocenters. The maximum Gasteiger partial charge on any atom is 0.343 e. The monoisotopic (exact) mass is 305 g/mol. The van der Waals surface area contributed by atoms with E-state index in [4.69, 9.17) is 9.47 Å². The van der Waals surface area contributed by atoms with Gasteiger partial charge in [0.15, 0.2) is 0 Å². The van der Waals surface area contributed by atoms with Gasteiger partial charge in [0, 0.05) is 25.6 Å². The number of benzene rings is 1. The van der Waals surface area contributed by atoms with Gasteiger partial charge >= 0.3 is 11.9 Å². The van der Waals surface area contributed by atoms with Crippen molar-refractivity contribution in [2.24, 2.45) is 0 Å². The molecule has 1 heterocycles. The summed E-state index contributed by atoms with van der Waals surface area (Å²) in [6.45, 7) is 1.52. The fourth-order valence-electron chi connectivity index (χ4n) is 2.94. The standard InChI is InChI=1S/C16H19NO5/c1-10(18)7-11-5-6-13-12(8-11)9-16(17(13)2,14(19)21-3)15(20)22-4/h5-6,8H,7,9H2,1-4H3. The number of carbonyl (C=O) groups is 3. The largest absolute Gasteiger partial charge is 0.467 e. The van der Waals surface area contributed by atoms with Gasteiger partial charge in [-0.2, -0.15) is 0 Å². The molecule has 0 amide bonds. The highest BCUT2D eigenvalue weighted by atomic mass is 16.5. The number of Topliss-reactive ketones (excluding diaryl/α,β-unsaturated/α-hetero) is 1. The van der Waals surface area contributed by atoms with Crippen LogP contribution >= 0.6 is 0 Å². The number of hydrogen-bond acceptors (Lipinski definition) is 6. The van der Waals surface area contributed by atoms with E-state index in [2.05, 4.69) is 0 Å². The highest BCUT2D eigenvalue weighted by Crippen LogP contribution is 2.39. The molecule has 0 aromatic heterocycles. The highest BCUT2D eigenvalue weighted by Gasteiger charge is 2.56. The number of rotatable bonds is 4. The van der Waals surface area contributed by atoms with Gasteiger partial charge in [-0.1, -0.05) is 12.1 Å². The van der Waals surface area contributed by atoms with Crippen LogP contribution in [0.5, 0.6) is 0 Å². The topological polar surface area (TPSA) is 72.9 Å². The van der Waals surface area contributed by atoms with Gasteiger partial charge in [-0.15, -0.1) is 0 Å². The second-order valence-corrected chi connectivity index (χ2v) is 5.42. The summed E-state index contributed by atoms with van der Waals surface area (Å²) >= 11 is 0. The lowest BCUT2D eigenvalue weighted by Gasteiger charge is -2.31. The van der Waals surface area contributed by atoms with Crippen LogP contribution in [-0.2, 0) is 36.7 Å². The second kappa shape index (κ2) is 5.79. The Balaban J connectivity index is 2.48. The Bertz CT molecular complexity index is 621. The fraction of sp³-hybridized carbons (Fsp3) is 0.438. The number of fused-ring (bicyclic) bond motifs is 1. The van der Waals surface area contributed by atoms with Crippen LogP contribution in [0.1, 0.15) is 18.1 Å². The Morgan fingerprint density at radius 3 is 2.27 bits per heavy atom. The number of methoxy groups -OCH3 is 2. The van der Waals surface area contributed by atoms with Crippen molar-refractivity contribution < 1.29 is 23.9 Å². The summed E-state index contributed by atoms with van der Waals surface area (Å²) in [5.74, 6) is -1.27. The average molecular weight is 305 g/mol. The van der Waals surface area contributed by atoms with Crippen molar-refractivity contribution >= 4 is 23.4 Å². The minimum atomic E-state index is -1.51. The number of carbonyl (C=O) groups excluding carboxylic acids is 3. The number of esters is 2. The van der Waals surface area contributed by atoms with Gasteiger partial charge in [0.1, 0.15) is 5.78 Å². The van der Waals surface area contributed by atoms with Crippen molar-refractivity contribution in [2.75, 3.05) is 26.2 Å². The smallest absolute Gasteiger partial charge is 0.343 e. The molecule has 0 N–H and O–H groups in total. The first-order chi connectivity index (χ1) is 10.4. The van der Waals surface area contributed by atoms with E-state index in [1.165, 1.54) is 21.1 Å². The van der Waals surface area contributed by atoms with Gasteiger partial charge in [-0.05, 0) is 24.1 Å². The molecule has 0 saturated carbocycles. The van der Waals surface area contributed by atoms with Crippen molar-refractivity contribution in [1.29, 1.82) is 0 Å². The van der Waals surface area contributed by atoms with Crippen LogP contribution in [0.4, 0.5) is 5.69 Å². The van der Waals surface area contributed by atoms with Crippen LogP contribution in [0.2, 0.25) is 0 Å². The molecule has 0 bridgehead atoms. The van der Waals surface area contributed by atoms with Crippen molar-refractivity contribution in [2.45, 2.75) is 25.3 Å². The molecule has 1 aliphatic rings. The first-order valence-electron chi connectivity index (χ1n) is 6.88. The molecule has 1 aromatic rings. The lowest BCUT2D eigenvalue weighted by Crippen LogP contribution is -2.58. The summed E-state index contributed by atoms with van der Waals surface area (Å²) in [7, 11) is 4.14. The number of hydrogen-bond donors (Lipinski definition) is 0. The van der Waals surface area contributed by atoms with Crippen molar-refractivity contribution in [3.05, 3.63) is 29.3 Å². The van der Waals surface area contributed by atoms with Crippen molar-refractivity contribution in [3.63, 3.8) is 0 Å². The molecule has 0 fully saturated rings. The third-order valence-electron chi connectivity index (χ3n) is 4.02. The fourth-order valence-corrected chi connectivity index (χ4v) is 2.94. The third-order valence-corrected chi connectivity index (χ3v) is 4.02. The Morgan fingerprint density at radius 2 is 1.77 bits per heavy atom. The zero-order valence-electron chi connectivity index (χ0n) is 13.1. The molecule has 1 aromatic carbocycles. The van der Waals surface area contributed by atoms with E-state index in [9.17, 15) is 14.4 Å². The Hall–Kier alpha value is -2.37. The van der Waals surface area contributed by atoms with Gasteiger partial charge in [-0.3, -0.25) is 4.79 Å². The van der Waals surface area contributed by atoms with Gasteiger partial charge < -0.3 is 14.4 Å². The van der Waals surface area contributed by atoms with Crippen LogP contribution in [0, 0.1) is 0 Å². The second-order valence-electron chi connectivity index (χ2n) is 5.42. The highest BCUT2D eigenvalue weighted by molar-refractivity contribution is 6.10. The van der Waals surface area contributed by atoms with E-state index >= 15 is 0 Å². The van der Waals surface area contributed by atoms with E-state index in [1.54, 1.807) is 18.0 Å². The SMILES string of the molecule is COC(=O)C1(C(=O)OC)Cc2cc(CC(C)=O)ccc2N1C. The molecule has 0 radical (unpaired) electrons. The quantitative estimate of drug-likeness (QED) is 0.608. The summed E-state index contributed by atoms with van der Waals surface area (Å²) in [6.07, 6.45) is 0.477. The first kappa shape index (κ1) is 16.0. The molecule has 118 valence electrons. The molecule has 0 unspecified atom stereocenters. The molecule has 22 heavy (non-hydrogen) atoms. The predicted molar refractivity (Wildman–Crippen MR) is 79.7 cm³/mol. The Morgan fingerprint density at radius 1 is 1.18 bits per heavy atom. The van der Waals surface area contributed by atoms with E-state index in [-0.39, 0.29) is 12.2 Å². The number of likely N-dealkylation sites (N-methyl/N-ethyl adjacent to an activating group) is 1. The zero-order valence-corrected chi connectivity index (χ0v) is 13.1. The van der Waals surface area contributed by atoms with Gasteiger partial charge in [-0.25, -0.2) is 9.59 Å². The van der Waals surface area contributed by atoms with Crippen LogP contribution in [0.3, 0.4) is 0 Å². The van der Waals surface area contributed by atoms with Gasteiger partial charge in [0.05, 0.1) is 14.2 Å². The number of anilines is 1. The molecule has 0 saturated heterocycles. The zero-order chi connectivity index (χ0) is 16.5. The molecular formula is C16H19NO5. The van der Waals surface area contributed by atoms with E-state index in [0.717, 1.165) is 16.8 Å². The van der Waals surface area contributed by atoms with Crippen molar-refractivity contribution in [1.82, 2.24) is 0 Å². The van der Waals surface area contributed by atoms with Crippen molar-refractivity contribution in [3.8, 4) is 0 Å². The van der Waals surface area contributed by atoms with E-state index < -0.39 is 17.5 Å². The molecular weight excluding hydrogens is 286 g/mol. The Labute approximate surface area is 129 Å². The average Bonchev–Trinajstić information content (AvgIpc) is 2.78. The molecule has 0 spiro atoms. The maximum atomic E-state index is 12.3. The molecule has 6 heteroatoms. The predicted octanol–water partition coefficient (Wildman–Crippen LogP) is 0.895. The van der Waals surface area contributed by atoms with Gasteiger partial charge in [0.2, 0.25) is 5.54 Å². The molecule has 6 nitrogen and oxygen atoms in total. The molecule has 1 aliphatic heterocycles. The van der Waals surface area contributed by atoms with E-state index in [0.29, 0.717) is 6.42 Å². The number of ketones is 1. The molecule has 0 aliphatic carbocycles. The summed E-state index contributed by atoms with van der Waals surface area (Å²) in [6, 6.07) is 5.48. The van der Waals surface area contributed by atoms with Crippen LogP contribution in [-0.4, -0.2) is 44.5 Å². The van der Waals surface area contributed by atoms with Crippen LogP contribution in [0.15, 0.2) is 18.2 Å². The minimum Gasteiger partial charge on any atom is -0.467 e. The lowest BCUT2D eigenvalue weighted by molar-refractivity contribution is -0.160. The van der Waals surface area contributed by atoms with Crippen LogP contribution < -0.4 is 4.90 Å². The summed E-state index contributed by atoms with van der Waals surface area (Å²) in [5, 5.41) is 0. The summed E-state index contributed by atoms with van der Waals surface area (Å²) < 4.78 is 9.64. The Kier molecular flexibility index (Phi) is 4.21. The lowest BCUT2D eigenvalue weighted by atomic mass is 9.93. The summed E-state index contributed by atoms with van der Waals surface area (Å²) in [4.78, 5) is 37.4. The first-order valence-corrected chi connectivity index (χ1v) is 6.88. The maximum absolute atomic E-state index is 12.3. The van der Waals surface area contributed by atoms with Gasteiger partial charge in [0.25, 0.3) is 0 Å². The molecule has 2 rings (SSSR count).